The van der Waals surface area contributed by atoms with E-state index in [1.165, 1.54) is 28.9 Å². The first kappa shape index (κ1) is 19.7. The summed E-state index contributed by atoms with van der Waals surface area (Å²) in [5.74, 6) is 0.711. The van der Waals surface area contributed by atoms with Crippen molar-refractivity contribution in [2.45, 2.75) is 26.3 Å². The summed E-state index contributed by atoms with van der Waals surface area (Å²) in [5, 5.41) is 5.63. The van der Waals surface area contributed by atoms with Crippen LogP contribution in [0.25, 0.3) is 0 Å². The van der Waals surface area contributed by atoms with Crippen LogP contribution in [0, 0.1) is 5.92 Å². The van der Waals surface area contributed by atoms with Gasteiger partial charge in [-0.05, 0) is 33.3 Å². The predicted molar refractivity (Wildman–Crippen MR) is 93.2 cm³/mol. The summed E-state index contributed by atoms with van der Waals surface area (Å²) >= 11 is 5.59. The van der Waals surface area contributed by atoms with E-state index in [0.29, 0.717) is 12.0 Å². The van der Waals surface area contributed by atoms with Crippen LogP contribution < -0.4 is 5.32 Å². The van der Waals surface area contributed by atoms with E-state index in [9.17, 15) is 0 Å². The monoisotopic (exact) mass is 388 g/mol. The molecular weight excluding hydrogens is 367 g/mol. The lowest BCUT2D eigenvalue weighted by molar-refractivity contribution is 0.130. The van der Waals surface area contributed by atoms with E-state index in [2.05, 4.69) is 51.4 Å². The summed E-state index contributed by atoms with van der Waals surface area (Å²) < 4.78 is 1.28. The highest BCUT2D eigenvalue weighted by Gasteiger charge is 2.28. The second-order valence-corrected chi connectivity index (χ2v) is 6.55. The molecule has 2 atom stereocenters. The van der Waals surface area contributed by atoms with Crippen LogP contribution in [0.4, 0.5) is 0 Å². The van der Waals surface area contributed by atoms with Gasteiger partial charge in [0, 0.05) is 41.6 Å². The number of piperazine rings is 1. The molecule has 2 heterocycles. The van der Waals surface area contributed by atoms with Gasteiger partial charge in [-0.25, -0.2) is 0 Å². The van der Waals surface area contributed by atoms with Crippen LogP contribution in [0.15, 0.2) is 15.9 Å². The lowest BCUT2D eigenvalue weighted by Crippen LogP contribution is -2.46. The number of rotatable bonds is 4. The molecule has 1 fully saturated rings. The molecule has 112 valence electrons. The van der Waals surface area contributed by atoms with E-state index >= 15 is 0 Å². The van der Waals surface area contributed by atoms with Crippen molar-refractivity contribution in [2.75, 3.05) is 26.2 Å². The Hall–Kier alpha value is 0.680. The Labute approximate surface area is 141 Å². The fourth-order valence-electron chi connectivity index (χ4n) is 2.48. The maximum absolute atomic E-state index is 3.70. The van der Waals surface area contributed by atoms with E-state index in [4.69, 9.17) is 0 Å². The maximum Gasteiger partial charge on any atom is 0.0479 e. The zero-order valence-corrected chi connectivity index (χ0v) is 15.4. The summed E-state index contributed by atoms with van der Waals surface area (Å²) in [6.45, 7) is 9.24. The molecule has 1 aliphatic heterocycles. The molecule has 0 saturated carbocycles. The Balaban J connectivity index is 0.00000162. The average molecular weight is 390 g/mol. The molecule has 1 aromatic rings. The van der Waals surface area contributed by atoms with Gasteiger partial charge in [-0.1, -0.05) is 20.3 Å². The van der Waals surface area contributed by atoms with Gasteiger partial charge in [0.2, 0.25) is 0 Å². The molecule has 0 bridgehead atoms. The van der Waals surface area contributed by atoms with Gasteiger partial charge >= 0.3 is 0 Å². The molecule has 0 spiro atoms. The summed E-state index contributed by atoms with van der Waals surface area (Å²) in [6, 6.07) is 2.76. The fourth-order valence-corrected chi connectivity index (χ4v) is 4.36. The minimum Gasteiger partial charge on any atom is -0.314 e. The first-order valence-corrected chi connectivity index (χ1v) is 8.09. The quantitative estimate of drug-likeness (QED) is 0.823. The number of hydrogen-bond donors (Lipinski definition) is 1. The Morgan fingerprint density at radius 2 is 2.00 bits per heavy atom. The van der Waals surface area contributed by atoms with Crippen molar-refractivity contribution in [3.8, 4) is 0 Å². The van der Waals surface area contributed by atoms with Crippen LogP contribution in [0.1, 0.15) is 31.2 Å². The number of hydrogen-bond acceptors (Lipinski definition) is 3. The van der Waals surface area contributed by atoms with Gasteiger partial charge in [-0.2, -0.15) is 0 Å². The van der Waals surface area contributed by atoms with Crippen molar-refractivity contribution in [2.24, 2.45) is 5.92 Å². The third kappa shape index (κ3) is 4.87. The number of halogens is 3. The Morgan fingerprint density at radius 3 is 2.47 bits per heavy atom. The van der Waals surface area contributed by atoms with E-state index in [1.807, 2.05) is 11.3 Å². The molecular formula is C13H23BrCl2N2S. The Kier molecular flexibility index (Phi) is 9.93. The zero-order valence-electron chi connectivity index (χ0n) is 11.4. The largest absolute Gasteiger partial charge is 0.314 e. The predicted octanol–water partition coefficient (Wildman–Crippen LogP) is 4.35. The molecule has 0 aromatic carbocycles. The summed E-state index contributed by atoms with van der Waals surface area (Å²) in [5.41, 5.74) is 0. The van der Waals surface area contributed by atoms with Crippen LogP contribution in [0.5, 0.6) is 0 Å². The van der Waals surface area contributed by atoms with Crippen LogP contribution in [-0.2, 0) is 0 Å². The average Bonchev–Trinajstić information content (AvgIpc) is 2.77. The number of thiophene rings is 1. The van der Waals surface area contributed by atoms with Crippen molar-refractivity contribution >= 4 is 52.1 Å². The minimum absolute atomic E-state index is 0. The van der Waals surface area contributed by atoms with Crippen molar-refractivity contribution < 1.29 is 0 Å². The molecule has 2 rings (SSSR count). The van der Waals surface area contributed by atoms with E-state index in [0.717, 1.165) is 13.1 Å². The van der Waals surface area contributed by atoms with Gasteiger partial charge in [0.25, 0.3) is 0 Å². The maximum atomic E-state index is 3.70. The lowest BCUT2D eigenvalue weighted by atomic mass is 9.95. The molecule has 19 heavy (non-hydrogen) atoms. The van der Waals surface area contributed by atoms with Crippen molar-refractivity contribution in [3.63, 3.8) is 0 Å². The van der Waals surface area contributed by atoms with Gasteiger partial charge in [-0.3, -0.25) is 4.90 Å². The van der Waals surface area contributed by atoms with Crippen molar-refractivity contribution in [3.05, 3.63) is 20.8 Å². The standard InChI is InChI=1S/C13H21BrN2S.2ClH/c1-3-10(2)12(13-11(14)4-9-17-13)16-7-5-15-6-8-16;;/h4,9-10,12,15H,3,5-8H2,1-2H3;2*1H/t10?,12-;;/m0../s1. The topological polar surface area (TPSA) is 15.3 Å². The molecule has 2 nitrogen and oxygen atoms in total. The highest BCUT2D eigenvalue weighted by atomic mass is 79.9. The normalized spacial score (nSPS) is 19.1. The van der Waals surface area contributed by atoms with Gasteiger partial charge in [0.15, 0.2) is 0 Å². The number of nitrogens with one attached hydrogen (secondary N) is 1. The molecule has 1 unspecified atom stereocenters. The van der Waals surface area contributed by atoms with Gasteiger partial charge in [0.1, 0.15) is 0 Å². The van der Waals surface area contributed by atoms with E-state index < -0.39 is 0 Å². The first-order chi connectivity index (χ1) is 8.24. The highest BCUT2D eigenvalue weighted by molar-refractivity contribution is 9.10. The van der Waals surface area contributed by atoms with E-state index in [1.54, 1.807) is 0 Å². The van der Waals surface area contributed by atoms with E-state index in [-0.39, 0.29) is 24.8 Å². The highest BCUT2D eigenvalue weighted by Crippen LogP contribution is 2.38. The second-order valence-electron chi connectivity index (χ2n) is 4.75. The zero-order chi connectivity index (χ0) is 12.3. The SMILES string of the molecule is CCC(C)[C@@H](c1sccc1Br)N1CCNCC1.Cl.Cl. The molecule has 6 heteroatoms. The van der Waals surface area contributed by atoms with Crippen molar-refractivity contribution in [1.82, 2.24) is 10.2 Å². The van der Waals surface area contributed by atoms with Crippen LogP contribution in [0.2, 0.25) is 0 Å². The molecule has 1 saturated heterocycles. The van der Waals surface area contributed by atoms with Gasteiger partial charge < -0.3 is 5.32 Å². The Morgan fingerprint density at radius 1 is 1.37 bits per heavy atom. The third-order valence-corrected chi connectivity index (χ3v) is 5.58. The lowest BCUT2D eigenvalue weighted by Gasteiger charge is -2.37. The number of nitrogens with zero attached hydrogens (tertiary/aromatic N) is 1. The summed E-state index contributed by atoms with van der Waals surface area (Å²) in [6.07, 6.45) is 1.24. The summed E-state index contributed by atoms with van der Waals surface area (Å²) in [4.78, 5) is 4.14. The van der Waals surface area contributed by atoms with Gasteiger partial charge in [-0.15, -0.1) is 36.2 Å². The minimum atomic E-state index is 0. The van der Waals surface area contributed by atoms with Crippen LogP contribution in [0.3, 0.4) is 0 Å². The molecule has 0 radical (unpaired) electrons. The Bertz CT molecular complexity index is 356. The molecule has 0 amide bonds. The van der Waals surface area contributed by atoms with Gasteiger partial charge in [0.05, 0.1) is 0 Å². The smallest absolute Gasteiger partial charge is 0.0479 e. The van der Waals surface area contributed by atoms with Crippen molar-refractivity contribution in [1.29, 1.82) is 0 Å². The molecule has 1 N–H and O–H groups in total. The first-order valence-electron chi connectivity index (χ1n) is 6.41. The van der Waals surface area contributed by atoms with Crippen LogP contribution in [-0.4, -0.2) is 31.1 Å². The molecule has 1 aromatic heterocycles. The fraction of sp³-hybridized carbons (Fsp3) is 0.692. The van der Waals surface area contributed by atoms with Crippen LogP contribution >= 0.6 is 52.1 Å². The molecule has 0 aliphatic carbocycles. The molecule has 1 aliphatic rings. The second kappa shape index (κ2) is 9.59. The summed E-state index contributed by atoms with van der Waals surface area (Å²) in [7, 11) is 0. The third-order valence-electron chi connectivity index (χ3n) is 3.64.